The monoisotopic (exact) mass is 886 g/mol. The summed E-state index contributed by atoms with van der Waals surface area (Å²) in [4.78, 5) is 59.7. The first-order valence-corrected chi connectivity index (χ1v) is 21.0. The number of aliphatic hydroxyl groups excluding tert-OH is 1. The van der Waals surface area contributed by atoms with Gasteiger partial charge in [0.25, 0.3) is 11.8 Å². The third kappa shape index (κ3) is 12.5. The Morgan fingerprint density at radius 1 is 0.841 bits per heavy atom. The first-order valence-electron chi connectivity index (χ1n) is 19.6. The summed E-state index contributed by atoms with van der Waals surface area (Å²) in [5.74, 6) is -1.00. The fourth-order valence-electron chi connectivity index (χ4n) is 6.44. The zero-order valence-electron chi connectivity index (χ0n) is 33.5. The second kappa shape index (κ2) is 22.2. The minimum Gasteiger partial charge on any atom is -0.390 e. The number of amides is 2. The Balaban J connectivity index is 1.19. The van der Waals surface area contributed by atoms with Gasteiger partial charge >= 0.3 is 19.2 Å². The number of hydrogen-bond donors (Lipinski definition) is 3. The second-order valence-electron chi connectivity index (χ2n) is 13.8. The molecule has 3 N–H and O–H groups in total. The van der Waals surface area contributed by atoms with Gasteiger partial charge in [-0.25, -0.2) is 14.2 Å². The van der Waals surface area contributed by atoms with E-state index in [1.165, 1.54) is 30.6 Å². The summed E-state index contributed by atoms with van der Waals surface area (Å²) in [7, 11) is -4.41. The van der Waals surface area contributed by atoms with Crippen LogP contribution in [0, 0.1) is 22.7 Å². The van der Waals surface area contributed by atoms with Gasteiger partial charge in [-0.15, -0.1) is 6.58 Å². The van der Waals surface area contributed by atoms with E-state index in [2.05, 4.69) is 27.2 Å². The summed E-state index contributed by atoms with van der Waals surface area (Å²) < 4.78 is 57.1. The van der Waals surface area contributed by atoms with Crippen LogP contribution in [0.4, 0.5) is 11.6 Å². The summed E-state index contributed by atoms with van der Waals surface area (Å²) in [6, 6.07) is 23.3. The second-order valence-corrected chi connectivity index (χ2v) is 15.4. The van der Waals surface area contributed by atoms with Crippen molar-refractivity contribution >= 4 is 31.3 Å². The minimum atomic E-state index is -4.41. The number of hydrogen-bond acceptors (Lipinski definition) is 17. The number of nitriles is 2. The van der Waals surface area contributed by atoms with Gasteiger partial charge in [-0.05, 0) is 36.4 Å². The quantitative estimate of drug-likeness (QED) is 0.0464. The van der Waals surface area contributed by atoms with Crippen LogP contribution in [0.3, 0.4) is 0 Å². The lowest BCUT2D eigenvalue weighted by atomic mass is 10.1. The Labute approximate surface area is 360 Å². The largest absolute Gasteiger partial charge is 0.475 e. The summed E-state index contributed by atoms with van der Waals surface area (Å²) >= 11 is 0. The molecule has 2 unspecified atom stereocenters. The van der Waals surface area contributed by atoms with E-state index in [1.807, 2.05) is 12.1 Å². The van der Waals surface area contributed by atoms with Gasteiger partial charge in [0.1, 0.15) is 42.4 Å². The number of phosphoric acid groups is 1. The molecule has 2 aliphatic heterocycles. The van der Waals surface area contributed by atoms with Crippen LogP contribution < -0.4 is 22.0 Å². The number of aliphatic hydroxyl groups is 1. The lowest BCUT2D eigenvalue weighted by Crippen LogP contribution is -2.41. The smallest absolute Gasteiger partial charge is 0.390 e. The number of anilines is 2. The maximum Gasteiger partial charge on any atom is 0.475 e. The molecule has 0 spiro atoms. The van der Waals surface area contributed by atoms with E-state index in [0.29, 0.717) is 11.1 Å². The molecular weight excluding hydrogens is 843 g/mol. The van der Waals surface area contributed by atoms with E-state index in [9.17, 15) is 34.1 Å². The third-order valence-electron chi connectivity index (χ3n) is 9.42. The molecule has 2 aromatic carbocycles. The molecule has 2 saturated heterocycles. The zero-order chi connectivity index (χ0) is 44.8. The predicted octanol–water partition coefficient (Wildman–Crippen LogP) is 3.84. The lowest BCUT2D eigenvalue weighted by molar-refractivity contribution is -0.232. The molecule has 6 rings (SSSR count). The Morgan fingerprint density at radius 2 is 1.40 bits per heavy atom. The minimum absolute atomic E-state index is 0.00777. The van der Waals surface area contributed by atoms with E-state index >= 15 is 0 Å². The number of nitrogens with zero attached hydrogens (tertiary/aromatic N) is 6. The van der Waals surface area contributed by atoms with E-state index in [-0.39, 0.29) is 57.1 Å². The molecule has 8 atom stereocenters. The van der Waals surface area contributed by atoms with Crippen molar-refractivity contribution < 1.29 is 51.8 Å². The van der Waals surface area contributed by atoms with Crippen molar-refractivity contribution in [3.8, 4) is 12.1 Å². The van der Waals surface area contributed by atoms with Crippen molar-refractivity contribution in [2.75, 3.05) is 37.1 Å². The summed E-state index contributed by atoms with van der Waals surface area (Å²) in [6.07, 6.45) is -4.85. The standard InChI is InChI=1S/C41H43N8O13P/c1-2-21-58-63(55,59-23-10-18-43)62-30-25-35(49-20-16-33(47-41(49)54)45-38(52)28-13-7-4-8-14-28)60-31(30)26-57-39(56-22-9-17-42)36-29(50)24-34(61-36)48-19-15-32(46-40(48)53)44-37(51)27-11-5-3-6-12-27/h2-8,11-16,19-20,29-31,34-36,39,50H,1,9-10,21-26H2,(H,44,46,51,53)(H,45,47,52,54)/t29-,30-,31+,34+,35+,36-,39?,63?/m0/s1. The van der Waals surface area contributed by atoms with Crippen LogP contribution in [0.5, 0.6) is 0 Å². The molecule has 2 aliphatic rings. The third-order valence-corrected chi connectivity index (χ3v) is 10.9. The SMILES string of the molecule is C=CCOP(=O)(OCCC#N)O[C@H]1C[C@H](n2ccc(NC(=O)c3ccccc3)nc2=O)O[C@@H]1COC(OCCC#N)[C@H]1O[C@@H](n2ccc(NC(=O)c3ccccc3)nc2=O)C[C@@H]1O. The van der Waals surface area contributed by atoms with E-state index in [4.69, 9.17) is 37.8 Å². The molecule has 0 radical (unpaired) electrons. The Bertz CT molecular complexity index is 2460. The van der Waals surface area contributed by atoms with E-state index in [0.717, 1.165) is 9.13 Å². The first-order chi connectivity index (χ1) is 30.5. The van der Waals surface area contributed by atoms with Gasteiger partial charge in [0, 0.05) is 36.4 Å². The van der Waals surface area contributed by atoms with Crippen molar-refractivity contribution in [2.24, 2.45) is 0 Å². The average Bonchev–Trinajstić information content (AvgIpc) is 3.86. The van der Waals surface area contributed by atoms with Gasteiger partial charge in [0.2, 0.25) is 0 Å². The number of nitrogens with one attached hydrogen (secondary N) is 2. The molecule has 22 heteroatoms. The van der Waals surface area contributed by atoms with Crippen molar-refractivity contribution in [3.05, 3.63) is 130 Å². The van der Waals surface area contributed by atoms with Gasteiger partial charge in [-0.1, -0.05) is 42.5 Å². The van der Waals surface area contributed by atoms with Crippen LogP contribution in [-0.4, -0.2) is 93.2 Å². The fourth-order valence-corrected chi connectivity index (χ4v) is 7.80. The van der Waals surface area contributed by atoms with Crippen LogP contribution in [0.1, 0.15) is 58.9 Å². The van der Waals surface area contributed by atoms with E-state index < -0.39 is 80.8 Å². The number of aromatic nitrogens is 4. The number of carbonyl (C=O) groups excluding carboxylic acids is 2. The van der Waals surface area contributed by atoms with Crippen molar-refractivity contribution in [3.63, 3.8) is 0 Å². The molecule has 2 amide bonds. The maximum absolute atomic E-state index is 13.8. The molecule has 0 saturated carbocycles. The Hall–Kier alpha value is -6.23. The van der Waals surface area contributed by atoms with Crippen molar-refractivity contribution in [1.82, 2.24) is 19.1 Å². The normalized spacial score (nSPS) is 22.0. The summed E-state index contributed by atoms with van der Waals surface area (Å²) in [5.41, 5.74) is -0.900. The molecule has 63 heavy (non-hydrogen) atoms. The number of benzene rings is 2. The lowest BCUT2D eigenvalue weighted by Gasteiger charge is -2.28. The number of ether oxygens (including phenoxy) is 4. The molecule has 21 nitrogen and oxygen atoms in total. The maximum atomic E-state index is 13.8. The molecule has 0 bridgehead atoms. The van der Waals surface area contributed by atoms with Crippen LogP contribution in [0.15, 0.2) is 107 Å². The van der Waals surface area contributed by atoms with Gasteiger partial charge in [0.15, 0.2) is 6.29 Å². The van der Waals surface area contributed by atoms with Crippen LogP contribution in [0.25, 0.3) is 0 Å². The number of carbonyl (C=O) groups is 2. The highest BCUT2D eigenvalue weighted by Crippen LogP contribution is 2.53. The molecular formula is C41H43N8O13P. The van der Waals surface area contributed by atoms with Gasteiger partial charge < -0.3 is 34.7 Å². The summed E-state index contributed by atoms with van der Waals surface area (Å²) in [5, 5.41) is 34.6. The Morgan fingerprint density at radius 3 is 1.94 bits per heavy atom. The zero-order valence-corrected chi connectivity index (χ0v) is 34.4. The highest BCUT2D eigenvalue weighted by Gasteiger charge is 2.46. The predicted molar refractivity (Wildman–Crippen MR) is 220 cm³/mol. The number of rotatable bonds is 21. The first kappa shape index (κ1) is 46.3. The van der Waals surface area contributed by atoms with E-state index in [1.54, 1.807) is 60.7 Å². The van der Waals surface area contributed by atoms with Crippen LogP contribution >= 0.6 is 7.82 Å². The Kier molecular flexibility index (Phi) is 16.3. The highest BCUT2D eigenvalue weighted by molar-refractivity contribution is 7.48. The average molecular weight is 887 g/mol. The van der Waals surface area contributed by atoms with Crippen LogP contribution in [-0.2, 0) is 37.1 Å². The fraction of sp³-hybridized carbons (Fsp3) is 0.366. The molecule has 2 aromatic heterocycles. The van der Waals surface area contributed by atoms with Gasteiger partial charge in [0.05, 0.1) is 57.5 Å². The molecule has 4 heterocycles. The van der Waals surface area contributed by atoms with Gasteiger partial charge in [-0.2, -0.15) is 20.5 Å². The highest BCUT2D eigenvalue weighted by atomic mass is 31.2. The molecule has 330 valence electrons. The van der Waals surface area contributed by atoms with Crippen LogP contribution in [0.2, 0.25) is 0 Å². The summed E-state index contributed by atoms with van der Waals surface area (Å²) in [6.45, 7) is 2.43. The molecule has 2 fully saturated rings. The van der Waals surface area contributed by atoms with Crippen molar-refractivity contribution in [1.29, 1.82) is 10.5 Å². The van der Waals surface area contributed by atoms with Crippen molar-refractivity contribution in [2.45, 2.75) is 68.8 Å². The molecule has 4 aromatic rings. The van der Waals surface area contributed by atoms with Gasteiger partial charge in [-0.3, -0.25) is 32.3 Å². The molecule has 0 aliphatic carbocycles. The topological polar surface area (TPSA) is 277 Å². The number of phosphoric ester groups is 1.